The quantitative estimate of drug-likeness (QED) is 0.00725. The van der Waals surface area contributed by atoms with Crippen molar-refractivity contribution in [3.63, 3.8) is 0 Å². The number of aldehydes is 1. The number of thiazole rings is 6. The summed E-state index contributed by atoms with van der Waals surface area (Å²) in [7, 11) is 0. The second-order valence-corrected chi connectivity index (χ2v) is 41.2. The van der Waals surface area contributed by atoms with Gasteiger partial charge < -0.3 is 43.7 Å². The first kappa shape index (κ1) is 114. The average molecular weight is 2270 g/mol. The number of hydrogen-bond donors (Lipinski definition) is 2. The molecule has 18 rings (SSSR count). The molecule has 3 fully saturated rings. The average Bonchev–Trinajstić information content (AvgIpc) is 1.62. The van der Waals surface area contributed by atoms with Gasteiger partial charge in [-0.2, -0.15) is 15.3 Å². The van der Waals surface area contributed by atoms with Gasteiger partial charge in [0.1, 0.15) is 27.0 Å². The summed E-state index contributed by atoms with van der Waals surface area (Å²) >= 11 is 11.1. The van der Waals surface area contributed by atoms with Gasteiger partial charge >= 0.3 is 30.2 Å². The van der Waals surface area contributed by atoms with E-state index in [1.807, 2.05) is 99.4 Å². The molecule has 0 spiro atoms. The Labute approximate surface area is 877 Å². The van der Waals surface area contributed by atoms with Crippen LogP contribution in [0.1, 0.15) is 183 Å². The molecule has 15 heterocycles. The number of hydrogen-bond acceptors (Lipinski definition) is 32. The molecule has 7 atom stereocenters. The molecular weight excluding hydrogens is 2170 g/mol. The largest absolute Gasteiger partial charge is 0.466 e. The Balaban J connectivity index is 0.000000176. The number of nitrogens with one attached hydrogen (secondary N) is 2. The molecule has 3 saturated heterocycles. The number of rotatable bonds is 19. The van der Waals surface area contributed by atoms with E-state index < -0.39 is 69.0 Å². The van der Waals surface area contributed by atoms with Crippen LogP contribution in [-0.2, 0) is 110 Å². The minimum atomic E-state index is -1.60. The van der Waals surface area contributed by atoms with Crippen molar-refractivity contribution < 1.29 is 120 Å². The number of ether oxygens (including phenoxy) is 5. The van der Waals surface area contributed by atoms with E-state index in [1.54, 1.807) is 150 Å². The molecule has 0 saturated carbocycles. The van der Waals surface area contributed by atoms with Crippen LogP contribution in [0.15, 0.2) is 149 Å². The van der Waals surface area contributed by atoms with Gasteiger partial charge in [-0.05, 0) is 135 Å². The SMILES string of the molecule is CCOC(=O)/C=C/c1nccs1.CCOC(=O)CC(C[N+](=O)[O-])c1nccs1.C[C@H]1Cn2ncc(I)c2CN1C(=O)OC(C)(C)C.C[C@H]1Cn2ncc(N3CC(c4nccs4)CC3=O)c2CN1C(=O)Cc1cc(F)c(F)c(F)c1.C[C@H]1Cn2ncc(N3CC(c4nccs4)CC3=O)c2CN1C(=O)OC(C)(C)C.O=C(Nc1cc(F)c(F)c(F)c1)Oc1ccccc1.O=C1CC(c2nccs2)CN1.O=Cc1nccs1.[Fe]. The topological polar surface area (TPSA) is 431 Å². The van der Waals surface area contributed by atoms with Crippen LogP contribution in [0.25, 0.3) is 6.08 Å². The molecule has 4 unspecified atom stereocenters. The molecule has 145 heavy (non-hydrogen) atoms. The number of carbonyl (C=O) groups excluding carboxylic acids is 10. The Kier molecular flexibility index (Phi) is 42.5. The number of anilines is 3. The summed E-state index contributed by atoms with van der Waals surface area (Å²) in [4.78, 5) is 160. The molecule has 6 aliphatic rings. The molecule has 9 aromatic heterocycles. The number of amides is 7. The summed E-state index contributed by atoms with van der Waals surface area (Å²) < 4.78 is 111. The van der Waals surface area contributed by atoms with Crippen LogP contribution in [0.2, 0.25) is 0 Å². The van der Waals surface area contributed by atoms with Crippen LogP contribution in [0.3, 0.4) is 0 Å². The minimum absolute atomic E-state index is 0. The zero-order valence-electron chi connectivity index (χ0n) is 80.1. The van der Waals surface area contributed by atoms with Crippen molar-refractivity contribution in [1.29, 1.82) is 0 Å². The number of nitro groups is 1. The predicted octanol–water partition coefficient (Wildman–Crippen LogP) is 17.5. The van der Waals surface area contributed by atoms with Crippen LogP contribution in [0.5, 0.6) is 5.75 Å². The second kappa shape index (κ2) is 54.0. The monoisotopic (exact) mass is 2270 g/mol. The van der Waals surface area contributed by atoms with E-state index in [0.717, 1.165) is 77.9 Å². The first-order valence-electron chi connectivity index (χ1n) is 44.8. The fourth-order valence-corrected chi connectivity index (χ4v) is 19.4. The molecule has 774 valence electrons. The smallest absolute Gasteiger partial charge is 0.417 e. The van der Waals surface area contributed by atoms with Crippen molar-refractivity contribution in [2.75, 3.05) is 54.5 Å². The van der Waals surface area contributed by atoms with Crippen LogP contribution in [-0.4, -0.2) is 208 Å². The minimum Gasteiger partial charge on any atom is -0.466 e. The van der Waals surface area contributed by atoms with E-state index in [4.69, 9.17) is 23.7 Å². The maximum atomic E-state index is 13.6. The van der Waals surface area contributed by atoms with Crippen molar-refractivity contribution in [1.82, 2.24) is 79.3 Å². The summed E-state index contributed by atoms with van der Waals surface area (Å²) in [5.74, 6) is -9.30. The fourth-order valence-electron chi connectivity index (χ4n) is 14.9. The van der Waals surface area contributed by atoms with Crippen molar-refractivity contribution in [3.8, 4) is 5.75 Å². The van der Waals surface area contributed by atoms with Crippen LogP contribution < -0.4 is 25.2 Å². The van der Waals surface area contributed by atoms with Gasteiger partial charge in [0, 0.05) is 172 Å². The maximum absolute atomic E-state index is 13.6. The first-order valence-corrected chi connectivity index (χ1v) is 51.2. The Morgan fingerprint density at radius 2 is 1.02 bits per heavy atom. The van der Waals surface area contributed by atoms with E-state index in [-0.39, 0.29) is 138 Å². The number of carbonyl (C=O) groups is 10. The molecule has 7 amide bonds. The second-order valence-electron chi connectivity index (χ2n) is 34.5. The Morgan fingerprint density at radius 1 is 0.572 bits per heavy atom. The number of benzene rings is 3. The Hall–Kier alpha value is -12.7. The summed E-state index contributed by atoms with van der Waals surface area (Å²) in [5.41, 5.74) is 2.93. The molecule has 3 aromatic carbocycles. The molecule has 6 aliphatic heterocycles. The summed E-state index contributed by atoms with van der Waals surface area (Å²) in [6.45, 7) is 25.6. The van der Waals surface area contributed by atoms with Gasteiger partial charge in [-0.3, -0.25) is 68.0 Å². The number of esters is 2. The molecule has 37 nitrogen and oxygen atoms in total. The van der Waals surface area contributed by atoms with E-state index in [1.165, 1.54) is 63.6 Å². The van der Waals surface area contributed by atoms with Gasteiger partial charge in [0.15, 0.2) is 46.2 Å². The van der Waals surface area contributed by atoms with Crippen LogP contribution >= 0.6 is 90.6 Å². The standard InChI is InChI=1S/C22H20F3N5O2S.C19H25N5O3S.C13H8F3NO2.C12H18IN3O2.C9H12N2O4S.C8H9NO2S.C7H8N2OS.C4H3NOS.Fe/c1-12-9-30-18(11-28(12)19(31)6-13-4-15(23)21(25)16(24)5-13)17(8-27-30)29-10-14(7-20(29)32)22-26-2-3-33-22;1-12-9-24-15(11-22(12)18(26)27-19(2,3)4)14(8-21-24)23-10-13(7-16(23)25)17-20-5-6-28-17;14-10-6-8(7-11(15)12(10)16)17-13(18)19-9-4-2-1-3-5-9;1-8-6-16-10(9(13)5-14-16)7-15(8)11(17)18-12(2,3)4;1-2-15-8(12)5-7(6-11(13)14)9-10-3-4-16-9;1-2-11-8(10)4-3-7-9-5-6-12-7;10-6-3-5(4-9-6)7-8-1-2-11-7;6-3-4-5-1-2-7-4;/h2-5,8,12,14H,6-7,9-11H2,1H3;5-6,8,12-13H,7,9-11H2,1-4H3;1-7H,(H,17,18);5,8H,6-7H2,1-4H3;3-4,7H,2,5-6H2,1H3;3-6H,2H2,1H3;1-2,5H,3-4H2,(H,9,10);1-3H;/b;;;;;4-3+;;;/t12-,14?;12-,13?;;8-;;;;;/m00.0...../s1. The number of para-hydroxylation sites is 1. The number of fused-ring (bicyclic) bond motifs is 3. The van der Waals surface area contributed by atoms with E-state index >= 15 is 0 Å². The van der Waals surface area contributed by atoms with E-state index in [9.17, 15) is 84.4 Å². The maximum Gasteiger partial charge on any atom is 0.417 e. The first-order chi connectivity index (χ1) is 68.6. The van der Waals surface area contributed by atoms with Gasteiger partial charge in [0.2, 0.25) is 30.2 Å². The van der Waals surface area contributed by atoms with Crippen molar-refractivity contribution >= 4 is 174 Å². The molecule has 0 radical (unpaired) electrons. The molecule has 0 bridgehead atoms. The van der Waals surface area contributed by atoms with Crippen molar-refractivity contribution in [3.05, 3.63) is 250 Å². The number of halogens is 7. The molecule has 51 heteroatoms. The number of nitrogens with zero attached hydrogens (tertiary/aromatic N) is 18. The van der Waals surface area contributed by atoms with E-state index in [0.29, 0.717) is 98.9 Å². The van der Waals surface area contributed by atoms with Gasteiger partial charge in [0.05, 0.1) is 155 Å². The molecular formula is C94H103F6FeIN20O17S6. The Bertz CT molecular complexity index is 6320. The third-order valence-electron chi connectivity index (χ3n) is 21.5. The number of aromatic nitrogens is 12. The molecule has 2 N–H and O–H groups in total. The third-order valence-corrected chi connectivity index (χ3v) is 27.6. The van der Waals surface area contributed by atoms with Gasteiger partial charge in [0.25, 0.3) is 0 Å². The van der Waals surface area contributed by atoms with E-state index in [2.05, 4.69) is 78.4 Å². The van der Waals surface area contributed by atoms with Crippen molar-refractivity contribution in [2.24, 2.45) is 0 Å². The Morgan fingerprint density at radius 3 is 1.46 bits per heavy atom. The zero-order valence-corrected chi connectivity index (χ0v) is 88.3. The predicted molar refractivity (Wildman–Crippen MR) is 534 cm³/mol. The van der Waals surface area contributed by atoms with Crippen molar-refractivity contribution in [2.45, 2.75) is 201 Å². The van der Waals surface area contributed by atoms with Gasteiger partial charge in [-0.1, -0.05) is 18.2 Å². The van der Waals surface area contributed by atoms with Gasteiger partial charge in [-0.15, -0.1) is 68.0 Å². The molecule has 0 aliphatic carbocycles. The summed E-state index contributed by atoms with van der Waals surface area (Å²) in [5, 5.41) is 44.6. The fraction of sp³-hybridized carbons (Fsp3) is 0.394. The third kappa shape index (κ3) is 33.4. The normalized spacial score (nSPS) is 17.1. The zero-order chi connectivity index (χ0) is 104. The van der Waals surface area contributed by atoms with Crippen LogP contribution in [0, 0.1) is 48.6 Å². The van der Waals surface area contributed by atoms with Gasteiger partial charge in [-0.25, -0.2) is 75.4 Å². The summed E-state index contributed by atoms with van der Waals surface area (Å²) in [6, 6.07) is 10.9. The summed E-state index contributed by atoms with van der Waals surface area (Å²) in [6.07, 6.45) is 18.7. The van der Waals surface area contributed by atoms with Crippen LogP contribution in [0.4, 0.5) is 57.8 Å². The molecule has 12 aromatic rings.